The molecule has 1 aromatic heterocycles. The van der Waals surface area contributed by atoms with Gasteiger partial charge in [0.15, 0.2) is 5.15 Å². The van der Waals surface area contributed by atoms with Crippen molar-refractivity contribution in [2.24, 2.45) is 10.4 Å². The van der Waals surface area contributed by atoms with Gasteiger partial charge in [-0.2, -0.15) is 0 Å². The summed E-state index contributed by atoms with van der Waals surface area (Å²) in [5.74, 6) is -0.179. The second-order valence-electron chi connectivity index (χ2n) is 4.49. The zero-order chi connectivity index (χ0) is 12.3. The van der Waals surface area contributed by atoms with E-state index in [1.54, 1.807) is 19.1 Å². The van der Waals surface area contributed by atoms with Crippen LogP contribution in [-0.4, -0.2) is 21.8 Å². The van der Waals surface area contributed by atoms with Crippen LogP contribution in [0.2, 0.25) is 5.15 Å². The molecular weight excluding hydrogens is 226 g/mol. The zero-order valence-corrected chi connectivity index (χ0v) is 10.5. The van der Waals surface area contributed by atoms with Crippen molar-refractivity contribution < 1.29 is 4.79 Å². The van der Waals surface area contributed by atoms with E-state index in [1.165, 1.54) is 0 Å². The summed E-state index contributed by atoms with van der Waals surface area (Å²) in [6.07, 6.45) is 0. The molecule has 0 aliphatic carbocycles. The lowest BCUT2D eigenvalue weighted by atomic mass is 9.96. The fraction of sp³-hybridized carbons (Fsp3) is 0.455. The van der Waals surface area contributed by atoms with Gasteiger partial charge in [0.1, 0.15) is 5.69 Å². The Balaban J connectivity index is 2.94. The van der Waals surface area contributed by atoms with Crippen molar-refractivity contribution in [1.29, 1.82) is 0 Å². The van der Waals surface area contributed by atoms with Gasteiger partial charge >= 0.3 is 0 Å². The first kappa shape index (κ1) is 12.8. The summed E-state index contributed by atoms with van der Waals surface area (Å²) >= 11 is 5.61. The van der Waals surface area contributed by atoms with Crippen molar-refractivity contribution in [3.63, 3.8) is 0 Å². The Kier molecular flexibility index (Phi) is 3.75. The number of rotatable bonds is 1. The average Bonchev–Trinajstić information content (AvgIpc) is 2.17. The first-order chi connectivity index (χ1) is 7.30. The van der Waals surface area contributed by atoms with Crippen LogP contribution in [0.3, 0.4) is 0 Å². The first-order valence-electron chi connectivity index (χ1n) is 4.90. The highest BCUT2D eigenvalue weighted by atomic mass is 35.5. The highest BCUT2D eigenvalue weighted by molar-refractivity contribution is 6.29. The van der Waals surface area contributed by atoms with Crippen LogP contribution in [0.25, 0.3) is 0 Å². The summed E-state index contributed by atoms with van der Waals surface area (Å²) in [4.78, 5) is 15.6. The maximum absolute atomic E-state index is 11.7. The first-order valence-corrected chi connectivity index (χ1v) is 5.28. The van der Waals surface area contributed by atoms with Crippen molar-refractivity contribution in [3.8, 4) is 0 Å². The van der Waals surface area contributed by atoms with Gasteiger partial charge in [0.05, 0.1) is 5.71 Å². The molecule has 86 valence electrons. The second kappa shape index (κ2) is 4.70. The Labute approximate surface area is 99.8 Å². The summed E-state index contributed by atoms with van der Waals surface area (Å²) in [7, 11) is 0. The Bertz CT molecular complexity index is 418. The summed E-state index contributed by atoms with van der Waals surface area (Å²) < 4.78 is 0. The van der Waals surface area contributed by atoms with E-state index in [9.17, 15) is 4.79 Å². The minimum atomic E-state index is -0.485. The average molecular weight is 240 g/mol. The topological polar surface area (TPSA) is 55.2 Å². The van der Waals surface area contributed by atoms with E-state index in [-0.39, 0.29) is 5.91 Å². The van der Waals surface area contributed by atoms with E-state index in [0.29, 0.717) is 16.6 Å². The smallest absolute Gasteiger partial charge is 0.251 e. The third-order valence-corrected chi connectivity index (χ3v) is 2.12. The molecule has 5 heteroatoms. The standard InChI is InChI=1S/C11H14ClN3O/c1-7(13-10(16)11(2,3)4)8-5-6-9(12)15-14-8/h5-6H,1-4H3. The molecule has 1 amide bonds. The number of nitrogens with zero attached hydrogens (tertiary/aromatic N) is 3. The van der Waals surface area contributed by atoms with Crippen LogP contribution in [0.1, 0.15) is 33.4 Å². The van der Waals surface area contributed by atoms with E-state index in [2.05, 4.69) is 15.2 Å². The van der Waals surface area contributed by atoms with E-state index < -0.39 is 5.41 Å². The van der Waals surface area contributed by atoms with Crippen molar-refractivity contribution in [3.05, 3.63) is 23.0 Å². The van der Waals surface area contributed by atoms with Crippen molar-refractivity contribution in [2.45, 2.75) is 27.7 Å². The lowest BCUT2D eigenvalue weighted by molar-refractivity contribution is -0.124. The number of aromatic nitrogens is 2. The van der Waals surface area contributed by atoms with Gasteiger partial charge in [0, 0.05) is 5.41 Å². The lowest BCUT2D eigenvalue weighted by Gasteiger charge is -2.12. The highest BCUT2D eigenvalue weighted by Gasteiger charge is 2.20. The molecule has 0 unspecified atom stereocenters. The normalized spacial score (nSPS) is 12.7. The summed E-state index contributed by atoms with van der Waals surface area (Å²) in [6, 6.07) is 3.30. The molecule has 0 fully saturated rings. The molecule has 1 aromatic rings. The predicted molar refractivity (Wildman–Crippen MR) is 63.7 cm³/mol. The van der Waals surface area contributed by atoms with E-state index in [0.717, 1.165) is 0 Å². The molecule has 0 radical (unpaired) electrons. The lowest BCUT2D eigenvalue weighted by Crippen LogP contribution is -2.19. The van der Waals surface area contributed by atoms with Gasteiger partial charge < -0.3 is 0 Å². The molecule has 0 N–H and O–H groups in total. The molecule has 4 nitrogen and oxygen atoms in total. The minimum Gasteiger partial charge on any atom is -0.272 e. The van der Waals surface area contributed by atoms with Crippen molar-refractivity contribution in [1.82, 2.24) is 10.2 Å². The van der Waals surface area contributed by atoms with Crippen LogP contribution in [0.15, 0.2) is 17.1 Å². The fourth-order valence-electron chi connectivity index (χ4n) is 0.886. The van der Waals surface area contributed by atoms with Crippen LogP contribution in [0, 0.1) is 5.41 Å². The highest BCUT2D eigenvalue weighted by Crippen LogP contribution is 2.15. The third-order valence-electron chi connectivity index (χ3n) is 1.91. The van der Waals surface area contributed by atoms with Gasteiger partial charge in [-0.05, 0) is 19.1 Å². The Morgan fingerprint density at radius 1 is 1.31 bits per heavy atom. The maximum Gasteiger partial charge on any atom is 0.251 e. The van der Waals surface area contributed by atoms with Crippen LogP contribution >= 0.6 is 11.6 Å². The molecule has 0 aliphatic rings. The van der Waals surface area contributed by atoms with E-state index >= 15 is 0 Å². The molecule has 0 aliphatic heterocycles. The van der Waals surface area contributed by atoms with Crippen LogP contribution in [0.4, 0.5) is 0 Å². The number of carbonyl (C=O) groups excluding carboxylic acids is 1. The van der Waals surface area contributed by atoms with Gasteiger partial charge in [-0.25, -0.2) is 4.99 Å². The molecular formula is C11H14ClN3O. The fourth-order valence-corrected chi connectivity index (χ4v) is 0.987. The van der Waals surface area contributed by atoms with Crippen LogP contribution in [-0.2, 0) is 4.79 Å². The molecule has 0 spiro atoms. The number of halogens is 1. The molecule has 0 bridgehead atoms. The van der Waals surface area contributed by atoms with Gasteiger partial charge in [-0.1, -0.05) is 32.4 Å². The summed E-state index contributed by atoms with van der Waals surface area (Å²) in [5, 5.41) is 7.86. The van der Waals surface area contributed by atoms with Crippen molar-refractivity contribution >= 4 is 23.2 Å². The third kappa shape index (κ3) is 3.38. The van der Waals surface area contributed by atoms with Gasteiger partial charge in [-0.3, -0.25) is 4.79 Å². The SMILES string of the molecule is CC(=NC(=O)C(C)(C)C)c1ccc(Cl)nn1. The molecule has 0 saturated carbocycles. The van der Waals surface area contributed by atoms with E-state index in [1.807, 2.05) is 20.8 Å². The Morgan fingerprint density at radius 2 is 1.94 bits per heavy atom. The summed E-state index contributed by atoms with van der Waals surface area (Å²) in [6.45, 7) is 7.18. The Morgan fingerprint density at radius 3 is 2.38 bits per heavy atom. The number of amides is 1. The van der Waals surface area contributed by atoms with Crippen LogP contribution in [0.5, 0.6) is 0 Å². The predicted octanol–water partition coefficient (Wildman–Crippen LogP) is 2.51. The monoisotopic (exact) mass is 239 g/mol. The van der Waals surface area contributed by atoms with Gasteiger partial charge in [-0.15, -0.1) is 10.2 Å². The minimum absolute atomic E-state index is 0.179. The summed E-state index contributed by atoms with van der Waals surface area (Å²) in [5.41, 5.74) is 0.618. The quantitative estimate of drug-likeness (QED) is 0.708. The number of aliphatic imine (C=N–C) groups is 1. The number of hydrogen-bond donors (Lipinski definition) is 0. The van der Waals surface area contributed by atoms with Crippen LogP contribution < -0.4 is 0 Å². The molecule has 0 aromatic carbocycles. The number of hydrogen-bond acceptors (Lipinski definition) is 3. The van der Waals surface area contributed by atoms with E-state index in [4.69, 9.17) is 11.6 Å². The molecule has 1 rings (SSSR count). The molecule has 1 heterocycles. The Hall–Kier alpha value is -1.29. The van der Waals surface area contributed by atoms with Crippen molar-refractivity contribution in [2.75, 3.05) is 0 Å². The molecule has 0 atom stereocenters. The second-order valence-corrected chi connectivity index (χ2v) is 4.88. The van der Waals surface area contributed by atoms with Gasteiger partial charge in [0.2, 0.25) is 0 Å². The largest absolute Gasteiger partial charge is 0.272 e. The molecule has 16 heavy (non-hydrogen) atoms. The zero-order valence-electron chi connectivity index (χ0n) is 9.78. The maximum atomic E-state index is 11.7. The number of carbonyl (C=O) groups is 1. The molecule has 0 saturated heterocycles. The van der Waals surface area contributed by atoms with Gasteiger partial charge in [0.25, 0.3) is 5.91 Å².